The van der Waals surface area contributed by atoms with Crippen molar-refractivity contribution in [1.29, 1.82) is 0 Å². The van der Waals surface area contributed by atoms with E-state index in [2.05, 4.69) is 0 Å². The average molecular weight is 588 g/mol. The molecule has 0 spiro atoms. The fourth-order valence-corrected chi connectivity index (χ4v) is 0. The Morgan fingerprint density at radius 1 is 1.00 bits per heavy atom. The average Bonchev–Trinajstić information content (AvgIpc) is 0. The maximum Gasteiger partial charge on any atom is 0 e. The fourth-order valence-electron chi connectivity index (χ4n) is 0. The first kappa shape index (κ1) is 26.2. The quantitative estimate of drug-likeness (QED) is 0.322. The number of hydrogen-bond acceptors (Lipinski definition) is 0. The van der Waals surface area contributed by atoms with Crippen LogP contribution < -0.4 is 0 Å². The molecule has 0 saturated heterocycles. The van der Waals surface area contributed by atoms with Gasteiger partial charge in [-0.2, -0.15) is 0 Å². The number of hydrogen-bond donors (Lipinski definition) is 0. The van der Waals surface area contributed by atoms with Gasteiger partial charge in [0.25, 0.3) is 0 Å². The summed E-state index contributed by atoms with van der Waals surface area (Å²) in [6, 6.07) is 0. The molecule has 4 heavy (non-hydrogen) atoms. The van der Waals surface area contributed by atoms with Crippen LogP contribution in [0.25, 0.3) is 0 Å². The summed E-state index contributed by atoms with van der Waals surface area (Å²) in [6.07, 6.45) is 0. The van der Waals surface area contributed by atoms with E-state index < -0.39 is 0 Å². The van der Waals surface area contributed by atoms with E-state index in [1.54, 1.807) is 0 Å². The second-order valence-corrected chi connectivity index (χ2v) is 0. The molecule has 0 N–H and O–H groups in total. The molecule has 0 aromatic rings. The van der Waals surface area contributed by atoms with Gasteiger partial charge in [0.2, 0.25) is 0 Å². The van der Waals surface area contributed by atoms with Crippen molar-refractivity contribution in [2.45, 2.75) is 0 Å². The summed E-state index contributed by atoms with van der Waals surface area (Å²) in [4.78, 5) is 0. The van der Waals surface area contributed by atoms with E-state index in [9.17, 15) is 0 Å². The van der Waals surface area contributed by atoms with Crippen LogP contribution in [0.1, 0.15) is 0 Å². The van der Waals surface area contributed by atoms with Crippen LogP contribution in [-0.4, -0.2) is 27.3 Å². The first-order valence-electron chi connectivity index (χ1n) is 0. The van der Waals surface area contributed by atoms with Gasteiger partial charge in [0.05, 0.1) is 0 Å². The molecule has 0 bridgehead atoms. The Hall–Kier alpha value is 3.40. The van der Waals surface area contributed by atoms with Crippen LogP contribution in [0.2, 0.25) is 0 Å². The summed E-state index contributed by atoms with van der Waals surface area (Å²) >= 11 is 0. The third-order valence-corrected chi connectivity index (χ3v) is 0. The molecule has 0 aliphatic heterocycles. The van der Waals surface area contributed by atoms with Crippen LogP contribution in [0.3, 0.4) is 0 Å². The minimum Gasteiger partial charge on any atom is 0 e. The van der Waals surface area contributed by atoms with Gasteiger partial charge in [-0.05, 0) is 0 Å². The van der Waals surface area contributed by atoms with Crippen LogP contribution in [0.5, 0.6) is 0 Å². The minimum atomic E-state index is 0. The van der Waals surface area contributed by atoms with Gasteiger partial charge in [0, 0.05) is 74.4 Å². The molecular formula is H2CdHgPbZn. The first-order valence-corrected chi connectivity index (χ1v) is 0. The predicted octanol–water partition coefficient (Wildman–Crippen LogP) is -0.924. The summed E-state index contributed by atoms with van der Waals surface area (Å²) in [7, 11) is 0. The minimum absolute atomic E-state index is 0. The zero-order chi connectivity index (χ0) is 0. The molecule has 12 valence electrons. The molecule has 0 aliphatic rings. The third-order valence-electron chi connectivity index (χ3n) is 0. The van der Waals surface area contributed by atoms with E-state index in [0.717, 1.165) is 0 Å². The Labute approximate surface area is 99.4 Å². The standard InChI is InChI=1S/Cd.Hg.Pb.Zn.2H. The Kier molecular flexibility index (Phi) is 106. The van der Waals surface area contributed by atoms with Crippen LogP contribution in [-0.2, 0) is 74.4 Å². The molecule has 0 atom stereocenters. The predicted molar refractivity (Wildman–Crippen MR) is 8.54 cm³/mol. The monoisotopic (exact) mass is 590 g/mol. The molecule has 2 radical (unpaired) electrons. The Bertz CT molecular complexity index is 8.00. The van der Waals surface area contributed by atoms with Crippen molar-refractivity contribution in [2.75, 3.05) is 0 Å². The molecule has 0 heterocycles. The molecule has 0 amide bonds. The SMILES string of the molecule is [Cd].[Hg].[PbH2].[Zn]. The molecule has 0 fully saturated rings. The summed E-state index contributed by atoms with van der Waals surface area (Å²) in [5.41, 5.74) is 0. The third kappa shape index (κ3) is 9.04. The van der Waals surface area contributed by atoms with E-state index in [4.69, 9.17) is 0 Å². The molecular weight excluding hydrogens is 586 g/mol. The van der Waals surface area contributed by atoms with Crippen LogP contribution in [0.4, 0.5) is 0 Å². The molecule has 0 aliphatic carbocycles. The Balaban J connectivity index is 0. The summed E-state index contributed by atoms with van der Waals surface area (Å²) in [5.74, 6) is 0. The van der Waals surface area contributed by atoms with E-state index in [1.807, 2.05) is 0 Å². The second kappa shape index (κ2) is 16.1. The van der Waals surface area contributed by atoms with Crippen molar-refractivity contribution < 1.29 is 74.4 Å². The van der Waals surface area contributed by atoms with Crippen LogP contribution in [0.15, 0.2) is 0 Å². The van der Waals surface area contributed by atoms with Gasteiger partial charge in [-0.25, -0.2) is 0 Å². The van der Waals surface area contributed by atoms with E-state index >= 15 is 0 Å². The van der Waals surface area contributed by atoms with Gasteiger partial charge >= 0.3 is 27.3 Å². The maximum absolute atomic E-state index is 0. The second-order valence-electron chi connectivity index (χ2n) is 0. The van der Waals surface area contributed by atoms with Crippen LogP contribution in [0, 0.1) is 0 Å². The maximum atomic E-state index is 0. The van der Waals surface area contributed by atoms with Crippen molar-refractivity contribution in [3.8, 4) is 0 Å². The van der Waals surface area contributed by atoms with Crippen molar-refractivity contribution in [1.82, 2.24) is 0 Å². The van der Waals surface area contributed by atoms with E-state index in [-0.39, 0.29) is 102 Å². The first-order chi connectivity index (χ1) is 0. The van der Waals surface area contributed by atoms with Gasteiger partial charge in [-0.3, -0.25) is 0 Å². The summed E-state index contributed by atoms with van der Waals surface area (Å²) < 4.78 is 0. The molecule has 0 rings (SSSR count). The molecule has 0 saturated carbocycles. The fraction of sp³-hybridized carbons (Fsp3) is 0. The van der Waals surface area contributed by atoms with Gasteiger partial charge in [0.15, 0.2) is 0 Å². The van der Waals surface area contributed by atoms with Crippen LogP contribution >= 0.6 is 0 Å². The Morgan fingerprint density at radius 2 is 1.00 bits per heavy atom. The zero-order valence-corrected chi connectivity index (χ0v) is 20.8. The Morgan fingerprint density at radius 3 is 1.00 bits per heavy atom. The normalized spacial score (nSPS) is 0. The molecule has 0 unspecified atom stereocenters. The zero-order valence-electron chi connectivity index (χ0n) is 2.83. The topological polar surface area (TPSA) is 0 Å². The van der Waals surface area contributed by atoms with Gasteiger partial charge in [-0.1, -0.05) is 0 Å². The largest absolute Gasteiger partial charge is 0 e. The molecule has 4 heteroatoms. The van der Waals surface area contributed by atoms with Crippen molar-refractivity contribution in [2.24, 2.45) is 0 Å². The molecule has 0 aromatic heterocycles. The molecule has 0 nitrogen and oxygen atoms in total. The molecule has 0 aromatic carbocycles. The van der Waals surface area contributed by atoms with Crippen molar-refractivity contribution in [3.05, 3.63) is 0 Å². The smallest absolute Gasteiger partial charge is 0 e. The van der Waals surface area contributed by atoms with E-state index in [0.29, 0.717) is 0 Å². The van der Waals surface area contributed by atoms with E-state index in [1.165, 1.54) is 0 Å². The number of rotatable bonds is 0. The summed E-state index contributed by atoms with van der Waals surface area (Å²) in [5, 5.41) is 0. The van der Waals surface area contributed by atoms with Gasteiger partial charge in [0.1, 0.15) is 0 Å². The van der Waals surface area contributed by atoms with Crippen molar-refractivity contribution >= 4 is 27.3 Å². The summed E-state index contributed by atoms with van der Waals surface area (Å²) in [6.45, 7) is 0. The van der Waals surface area contributed by atoms with Gasteiger partial charge < -0.3 is 0 Å². The van der Waals surface area contributed by atoms with Gasteiger partial charge in [-0.15, -0.1) is 0 Å². The van der Waals surface area contributed by atoms with Crippen molar-refractivity contribution in [3.63, 3.8) is 0 Å².